The first kappa shape index (κ1) is 15.0. The molecular weight excluding hydrogens is 326 g/mol. The average molecular weight is 341 g/mol. The van der Waals surface area contributed by atoms with Crippen molar-refractivity contribution in [1.82, 2.24) is 4.31 Å². The maximum Gasteiger partial charge on any atom is 0.243 e. The van der Waals surface area contributed by atoms with Crippen LogP contribution in [0.2, 0.25) is 0 Å². The molecule has 3 nitrogen and oxygen atoms in total. The Kier molecular flexibility index (Phi) is 4.63. The Labute approximate surface area is 116 Å². The molecule has 1 aromatic carbocycles. The van der Waals surface area contributed by atoms with E-state index in [1.54, 1.807) is 45.2 Å². The van der Waals surface area contributed by atoms with Crippen molar-refractivity contribution < 1.29 is 8.42 Å². The highest BCUT2D eigenvalue weighted by Crippen LogP contribution is 2.25. The van der Waals surface area contributed by atoms with Crippen molar-refractivity contribution in [3.05, 3.63) is 28.7 Å². The third-order valence-electron chi connectivity index (χ3n) is 2.63. The summed E-state index contributed by atoms with van der Waals surface area (Å²) in [6.45, 7) is 3.57. The predicted molar refractivity (Wildman–Crippen MR) is 73.9 cm³/mol. The summed E-state index contributed by atoms with van der Waals surface area (Å²) in [5.41, 5.74) is -0.622. The van der Waals surface area contributed by atoms with Crippen molar-refractivity contribution in [2.24, 2.45) is 0 Å². The zero-order valence-corrected chi connectivity index (χ0v) is 13.1. The third kappa shape index (κ3) is 3.22. The number of rotatable bonds is 4. The van der Waals surface area contributed by atoms with Gasteiger partial charge < -0.3 is 0 Å². The van der Waals surface area contributed by atoms with Crippen molar-refractivity contribution in [2.45, 2.75) is 24.3 Å². The Morgan fingerprint density at radius 2 is 2.00 bits per heavy atom. The lowest BCUT2D eigenvalue weighted by molar-refractivity contribution is 0.296. The predicted octanol–water partition coefficient (Wildman–Crippen LogP) is 3.09. The highest BCUT2D eigenvalue weighted by Gasteiger charge is 2.33. The summed E-state index contributed by atoms with van der Waals surface area (Å²) in [4.78, 5) is 0.257. The van der Waals surface area contributed by atoms with E-state index in [2.05, 4.69) is 15.9 Å². The van der Waals surface area contributed by atoms with Crippen LogP contribution in [0.5, 0.6) is 0 Å². The molecule has 0 atom stereocenters. The Morgan fingerprint density at radius 3 is 2.47 bits per heavy atom. The van der Waals surface area contributed by atoms with Crippen LogP contribution in [0.1, 0.15) is 13.8 Å². The number of hydrogen-bond donors (Lipinski definition) is 0. The summed E-state index contributed by atoms with van der Waals surface area (Å²) in [6, 6.07) is 6.63. The molecule has 0 unspecified atom stereocenters. The fourth-order valence-corrected chi connectivity index (χ4v) is 3.55. The van der Waals surface area contributed by atoms with Crippen molar-refractivity contribution in [1.29, 1.82) is 0 Å². The van der Waals surface area contributed by atoms with Gasteiger partial charge in [0.15, 0.2) is 0 Å². The van der Waals surface area contributed by atoms with Crippen LogP contribution >= 0.6 is 27.5 Å². The zero-order valence-electron chi connectivity index (χ0n) is 9.94. The average Bonchev–Trinajstić information content (AvgIpc) is 2.28. The molecule has 0 saturated carbocycles. The van der Waals surface area contributed by atoms with E-state index >= 15 is 0 Å². The smallest absolute Gasteiger partial charge is 0.207 e. The first-order chi connectivity index (χ1) is 7.71. The minimum absolute atomic E-state index is 0.233. The van der Waals surface area contributed by atoms with Crippen LogP contribution < -0.4 is 0 Å². The maximum absolute atomic E-state index is 12.3. The van der Waals surface area contributed by atoms with Gasteiger partial charge in [-0.3, -0.25) is 0 Å². The third-order valence-corrected chi connectivity index (χ3v) is 5.85. The van der Waals surface area contributed by atoms with Gasteiger partial charge in [0.1, 0.15) is 0 Å². The Bertz CT molecular complexity index is 502. The van der Waals surface area contributed by atoms with E-state index in [0.29, 0.717) is 0 Å². The molecule has 6 heteroatoms. The van der Waals surface area contributed by atoms with Crippen LogP contribution in [0.15, 0.2) is 33.6 Å². The molecule has 0 aliphatic rings. The molecule has 0 saturated heterocycles. The molecule has 96 valence electrons. The van der Waals surface area contributed by atoms with Gasteiger partial charge in [0.25, 0.3) is 0 Å². The number of nitrogens with zero attached hydrogens (tertiary/aromatic N) is 1. The maximum atomic E-state index is 12.3. The molecule has 0 aliphatic carbocycles. The normalized spacial score (nSPS) is 13.1. The second-order valence-corrected chi connectivity index (χ2v) is 7.53. The van der Waals surface area contributed by atoms with Gasteiger partial charge in [-0.1, -0.05) is 22.0 Å². The zero-order chi connectivity index (χ0) is 13.3. The standard InChI is InChI=1S/C11H15BrClNO2S/c1-11(2,8-13)14(3)17(15,16)10-6-4-5-9(12)7-10/h4-7H,8H2,1-3H3. The Balaban J connectivity index is 3.21. The molecule has 0 fully saturated rings. The second-order valence-electron chi connectivity index (χ2n) is 4.38. The van der Waals surface area contributed by atoms with Crippen molar-refractivity contribution in [3.63, 3.8) is 0 Å². The Hall–Kier alpha value is -0.100. The number of alkyl halides is 1. The largest absolute Gasteiger partial charge is 0.243 e. The van der Waals surface area contributed by atoms with Crippen LogP contribution in [0.25, 0.3) is 0 Å². The minimum atomic E-state index is -3.51. The van der Waals surface area contributed by atoms with E-state index in [0.717, 1.165) is 4.47 Å². The summed E-state index contributed by atoms with van der Waals surface area (Å²) < 4.78 is 26.7. The van der Waals surface area contributed by atoms with Crippen LogP contribution in [0, 0.1) is 0 Å². The van der Waals surface area contributed by atoms with Gasteiger partial charge in [-0.05, 0) is 32.0 Å². The van der Waals surface area contributed by atoms with Crippen LogP contribution in [-0.2, 0) is 10.0 Å². The van der Waals surface area contributed by atoms with Crippen molar-refractivity contribution in [3.8, 4) is 0 Å². The summed E-state index contributed by atoms with van der Waals surface area (Å²) in [6.07, 6.45) is 0. The van der Waals surface area contributed by atoms with Gasteiger partial charge in [-0.2, -0.15) is 4.31 Å². The van der Waals surface area contributed by atoms with E-state index in [-0.39, 0.29) is 10.8 Å². The summed E-state index contributed by atoms with van der Waals surface area (Å²) in [5, 5.41) is 0. The van der Waals surface area contributed by atoms with Gasteiger partial charge in [0, 0.05) is 22.9 Å². The first-order valence-electron chi connectivity index (χ1n) is 5.02. The molecule has 0 heterocycles. The molecule has 0 amide bonds. The van der Waals surface area contributed by atoms with E-state index in [9.17, 15) is 8.42 Å². The van der Waals surface area contributed by atoms with Crippen LogP contribution in [-0.4, -0.2) is 31.2 Å². The van der Waals surface area contributed by atoms with Gasteiger partial charge in [-0.25, -0.2) is 8.42 Å². The Morgan fingerprint density at radius 1 is 1.41 bits per heavy atom. The number of halogens is 2. The summed E-state index contributed by atoms with van der Waals surface area (Å²) >= 11 is 9.06. The summed E-state index contributed by atoms with van der Waals surface area (Å²) in [7, 11) is -1.97. The number of benzene rings is 1. The molecule has 1 aromatic rings. The highest BCUT2D eigenvalue weighted by molar-refractivity contribution is 9.10. The lowest BCUT2D eigenvalue weighted by Gasteiger charge is -2.32. The quantitative estimate of drug-likeness (QED) is 0.790. The topological polar surface area (TPSA) is 37.4 Å². The molecule has 0 aromatic heterocycles. The van der Waals surface area contributed by atoms with Crippen LogP contribution in [0.3, 0.4) is 0 Å². The van der Waals surface area contributed by atoms with E-state index < -0.39 is 15.6 Å². The highest BCUT2D eigenvalue weighted by atomic mass is 79.9. The molecule has 0 N–H and O–H groups in total. The van der Waals surface area contributed by atoms with E-state index in [1.165, 1.54) is 4.31 Å². The lowest BCUT2D eigenvalue weighted by atomic mass is 10.1. The second kappa shape index (κ2) is 5.26. The molecule has 0 radical (unpaired) electrons. The SMILES string of the molecule is CN(C(C)(C)CCl)S(=O)(=O)c1cccc(Br)c1. The fraction of sp³-hybridized carbons (Fsp3) is 0.455. The van der Waals surface area contributed by atoms with Crippen LogP contribution in [0.4, 0.5) is 0 Å². The molecule has 0 spiro atoms. The molecule has 1 rings (SSSR count). The molecule has 0 bridgehead atoms. The van der Waals surface area contributed by atoms with E-state index in [4.69, 9.17) is 11.6 Å². The first-order valence-corrected chi connectivity index (χ1v) is 7.79. The van der Waals surface area contributed by atoms with Gasteiger partial charge >= 0.3 is 0 Å². The van der Waals surface area contributed by atoms with Gasteiger partial charge in [0.2, 0.25) is 10.0 Å². The monoisotopic (exact) mass is 339 g/mol. The minimum Gasteiger partial charge on any atom is -0.207 e. The molecule has 0 aliphatic heterocycles. The molecule has 17 heavy (non-hydrogen) atoms. The number of sulfonamides is 1. The number of hydrogen-bond acceptors (Lipinski definition) is 2. The van der Waals surface area contributed by atoms with E-state index in [1.807, 2.05) is 0 Å². The lowest BCUT2D eigenvalue weighted by Crippen LogP contribution is -2.46. The van der Waals surface area contributed by atoms with Gasteiger partial charge in [0.05, 0.1) is 4.90 Å². The fourth-order valence-electron chi connectivity index (χ4n) is 1.20. The van der Waals surface area contributed by atoms with Gasteiger partial charge in [-0.15, -0.1) is 11.6 Å². The molecular formula is C11H15BrClNO2S. The summed E-state index contributed by atoms with van der Waals surface area (Å²) in [5.74, 6) is 0.233. The van der Waals surface area contributed by atoms with Crippen molar-refractivity contribution >= 4 is 37.6 Å². The van der Waals surface area contributed by atoms with Crippen molar-refractivity contribution in [2.75, 3.05) is 12.9 Å².